The number of hydrogen-bond acceptors (Lipinski definition) is 4. The Kier molecular flexibility index (Phi) is 5.48. The molecule has 0 aliphatic carbocycles. The van der Waals surface area contributed by atoms with Crippen molar-refractivity contribution in [1.82, 2.24) is 24.6 Å². The smallest absolute Gasteiger partial charge is 0.248 e. The van der Waals surface area contributed by atoms with Gasteiger partial charge in [-0.2, -0.15) is 5.10 Å². The Morgan fingerprint density at radius 3 is 2.85 bits per heavy atom. The second-order valence-electron chi connectivity index (χ2n) is 7.08. The molecule has 27 heavy (non-hydrogen) atoms. The van der Waals surface area contributed by atoms with E-state index in [9.17, 15) is 4.79 Å². The summed E-state index contributed by atoms with van der Waals surface area (Å²) < 4.78 is 7.57. The van der Waals surface area contributed by atoms with Crippen molar-refractivity contribution < 1.29 is 9.53 Å². The summed E-state index contributed by atoms with van der Waals surface area (Å²) in [7, 11) is 0. The van der Waals surface area contributed by atoms with Crippen molar-refractivity contribution in [3.8, 4) is 0 Å². The number of H-pyrrole nitrogens is 1. The van der Waals surface area contributed by atoms with E-state index in [1.54, 1.807) is 0 Å². The van der Waals surface area contributed by atoms with Gasteiger partial charge in [0.05, 0.1) is 11.0 Å². The molecule has 0 atom stereocenters. The van der Waals surface area contributed by atoms with Crippen molar-refractivity contribution in [2.75, 3.05) is 19.7 Å². The van der Waals surface area contributed by atoms with Crippen LogP contribution in [0.5, 0.6) is 0 Å². The number of fused-ring (bicyclic) bond motifs is 1. The molecule has 142 valence electrons. The van der Waals surface area contributed by atoms with E-state index >= 15 is 0 Å². The molecule has 0 spiro atoms. The topological polar surface area (TPSA) is 76.0 Å². The second-order valence-corrected chi connectivity index (χ2v) is 7.08. The fourth-order valence-corrected chi connectivity index (χ4v) is 3.62. The summed E-state index contributed by atoms with van der Waals surface area (Å²) >= 11 is 0. The molecule has 1 N–H and O–H groups in total. The molecule has 3 aromatic rings. The molecule has 0 saturated carbocycles. The zero-order valence-corrected chi connectivity index (χ0v) is 15.4. The van der Waals surface area contributed by atoms with Crippen molar-refractivity contribution in [2.45, 2.75) is 32.4 Å². The Hall–Kier alpha value is -2.67. The van der Waals surface area contributed by atoms with Gasteiger partial charge < -0.3 is 14.6 Å². The first-order chi connectivity index (χ1) is 13.3. The van der Waals surface area contributed by atoms with E-state index in [-0.39, 0.29) is 12.5 Å². The van der Waals surface area contributed by atoms with Crippen molar-refractivity contribution in [2.24, 2.45) is 5.92 Å². The quantitative estimate of drug-likeness (QED) is 0.696. The molecule has 1 aliphatic rings. The van der Waals surface area contributed by atoms with Gasteiger partial charge in [0.15, 0.2) is 0 Å². The summed E-state index contributed by atoms with van der Waals surface area (Å²) in [5, 5.41) is 4.24. The lowest BCUT2D eigenvalue weighted by atomic mass is 9.93. The van der Waals surface area contributed by atoms with Gasteiger partial charge in [0, 0.05) is 32.0 Å². The molecule has 7 heteroatoms. The molecule has 1 aliphatic heterocycles. The van der Waals surface area contributed by atoms with Gasteiger partial charge in [0.1, 0.15) is 19.0 Å². The van der Waals surface area contributed by atoms with E-state index in [0.717, 1.165) is 55.8 Å². The van der Waals surface area contributed by atoms with Gasteiger partial charge in [-0.3, -0.25) is 9.48 Å². The van der Waals surface area contributed by atoms with Crippen LogP contribution in [-0.2, 0) is 22.7 Å². The second kappa shape index (κ2) is 8.35. The van der Waals surface area contributed by atoms with Gasteiger partial charge in [-0.1, -0.05) is 12.1 Å². The van der Waals surface area contributed by atoms with Gasteiger partial charge in [-0.15, -0.1) is 0 Å². The summed E-state index contributed by atoms with van der Waals surface area (Å²) in [4.78, 5) is 22.0. The Morgan fingerprint density at radius 1 is 1.22 bits per heavy atom. The zero-order valence-electron chi connectivity index (χ0n) is 15.4. The highest BCUT2D eigenvalue weighted by atomic mass is 16.5. The number of nitrogens with one attached hydrogen (secondary N) is 1. The molecule has 1 saturated heterocycles. The number of aromatic amines is 1. The first kappa shape index (κ1) is 17.7. The molecule has 0 bridgehead atoms. The van der Waals surface area contributed by atoms with Crippen LogP contribution in [0.2, 0.25) is 0 Å². The Labute approximate surface area is 158 Å². The average Bonchev–Trinajstić information content (AvgIpc) is 3.36. The van der Waals surface area contributed by atoms with Crippen LogP contribution in [-0.4, -0.2) is 50.3 Å². The van der Waals surface area contributed by atoms with E-state index in [1.165, 1.54) is 0 Å². The molecule has 3 heterocycles. The summed E-state index contributed by atoms with van der Waals surface area (Å²) in [6.45, 7) is 3.01. The van der Waals surface area contributed by atoms with Crippen LogP contribution in [0.15, 0.2) is 42.7 Å². The lowest BCUT2D eigenvalue weighted by molar-refractivity contribution is -0.138. The molecule has 7 nitrogen and oxygen atoms in total. The number of nitrogens with zero attached hydrogens (tertiary/aromatic N) is 4. The number of likely N-dealkylation sites (tertiary alicyclic amines) is 1. The Balaban J connectivity index is 1.17. The maximum Gasteiger partial charge on any atom is 0.248 e. The number of amides is 1. The van der Waals surface area contributed by atoms with Gasteiger partial charge in [-0.25, -0.2) is 4.98 Å². The van der Waals surface area contributed by atoms with Crippen LogP contribution in [0.3, 0.4) is 0 Å². The fourth-order valence-electron chi connectivity index (χ4n) is 3.62. The van der Waals surface area contributed by atoms with Crippen molar-refractivity contribution in [3.63, 3.8) is 0 Å². The van der Waals surface area contributed by atoms with Gasteiger partial charge in [-0.05, 0) is 43.4 Å². The number of carbonyl (C=O) groups excluding carboxylic acids is 1. The average molecular weight is 367 g/mol. The van der Waals surface area contributed by atoms with Gasteiger partial charge >= 0.3 is 0 Å². The number of para-hydroxylation sites is 2. The predicted octanol–water partition coefficient (Wildman–Crippen LogP) is 2.60. The van der Waals surface area contributed by atoms with Crippen LogP contribution >= 0.6 is 0 Å². The molecule has 0 unspecified atom stereocenters. The first-order valence-corrected chi connectivity index (χ1v) is 9.54. The first-order valence-electron chi connectivity index (χ1n) is 9.54. The number of piperidine rings is 1. The van der Waals surface area contributed by atoms with E-state index in [0.29, 0.717) is 12.5 Å². The number of hydrogen-bond donors (Lipinski definition) is 1. The zero-order chi connectivity index (χ0) is 18.5. The highest BCUT2D eigenvalue weighted by Gasteiger charge is 2.22. The third kappa shape index (κ3) is 4.54. The molecule has 1 aromatic carbocycles. The number of aromatic nitrogens is 4. The third-order valence-corrected chi connectivity index (χ3v) is 5.20. The summed E-state index contributed by atoms with van der Waals surface area (Å²) in [5.74, 6) is 1.48. The van der Waals surface area contributed by atoms with Crippen LogP contribution in [0.25, 0.3) is 11.0 Å². The highest BCUT2D eigenvalue weighted by Crippen LogP contribution is 2.21. The normalized spacial score (nSPS) is 15.5. The fraction of sp³-hybridized carbons (Fsp3) is 0.450. The van der Waals surface area contributed by atoms with Crippen molar-refractivity contribution in [3.05, 3.63) is 48.5 Å². The summed E-state index contributed by atoms with van der Waals surface area (Å²) in [6.07, 6.45) is 7.03. The SMILES string of the molecule is O=C(COCc1nc2ccccc2[nH]1)N1CCC(CCn2cccn2)CC1. The minimum absolute atomic E-state index is 0.0663. The molecular weight excluding hydrogens is 342 g/mol. The van der Waals surface area contributed by atoms with Crippen LogP contribution in [0, 0.1) is 5.92 Å². The minimum atomic E-state index is 0.0663. The predicted molar refractivity (Wildman–Crippen MR) is 102 cm³/mol. The van der Waals surface area contributed by atoms with Crippen LogP contribution in [0.1, 0.15) is 25.1 Å². The number of imidazole rings is 1. The van der Waals surface area contributed by atoms with E-state index in [4.69, 9.17) is 4.74 Å². The maximum atomic E-state index is 12.4. The molecule has 4 rings (SSSR count). The van der Waals surface area contributed by atoms with E-state index in [1.807, 2.05) is 52.3 Å². The number of rotatable bonds is 7. The summed E-state index contributed by atoms with van der Waals surface area (Å²) in [5.41, 5.74) is 1.90. The molecule has 2 aromatic heterocycles. The highest BCUT2D eigenvalue weighted by molar-refractivity contribution is 5.77. The van der Waals surface area contributed by atoms with Crippen LogP contribution < -0.4 is 0 Å². The van der Waals surface area contributed by atoms with Gasteiger partial charge in [0.25, 0.3) is 0 Å². The lowest BCUT2D eigenvalue weighted by Crippen LogP contribution is -2.40. The van der Waals surface area contributed by atoms with Crippen molar-refractivity contribution >= 4 is 16.9 Å². The van der Waals surface area contributed by atoms with Crippen LogP contribution in [0.4, 0.5) is 0 Å². The number of benzene rings is 1. The lowest BCUT2D eigenvalue weighted by Gasteiger charge is -2.32. The number of aryl methyl sites for hydroxylation is 1. The molecule has 1 fully saturated rings. The van der Waals surface area contributed by atoms with E-state index < -0.39 is 0 Å². The maximum absolute atomic E-state index is 12.4. The monoisotopic (exact) mass is 367 g/mol. The molecular formula is C20H25N5O2. The minimum Gasteiger partial charge on any atom is -0.364 e. The standard InChI is InChI=1S/C20H25N5O2/c26-20(15-27-14-19-22-17-4-1-2-5-18(17)23-19)24-11-6-16(7-12-24)8-13-25-10-3-9-21-25/h1-5,9-10,16H,6-8,11-15H2,(H,22,23). The number of ether oxygens (including phenoxy) is 1. The number of carbonyl (C=O) groups is 1. The largest absolute Gasteiger partial charge is 0.364 e. The van der Waals surface area contributed by atoms with E-state index in [2.05, 4.69) is 15.1 Å². The third-order valence-electron chi connectivity index (χ3n) is 5.20. The van der Waals surface area contributed by atoms with Crippen molar-refractivity contribution in [1.29, 1.82) is 0 Å². The van der Waals surface area contributed by atoms with Gasteiger partial charge in [0.2, 0.25) is 5.91 Å². The Morgan fingerprint density at radius 2 is 2.07 bits per heavy atom. The summed E-state index contributed by atoms with van der Waals surface area (Å²) in [6, 6.07) is 9.81. The molecule has 1 amide bonds. The molecule has 0 radical (unpaired) electrons. The Bertz CT molecular complexity index is 833.